The lowest BCUT2D eigenvalue weighted by molar-refractivity contribution is -0.134. The van der Waals surface area contributed by atoms with Gasteiger partial charge in [-0.1, -0.05) is 58.5 Å². The van der Waals surface area contributed by atoms with Gasteiger partial charge < -0.3 is 18.8 Å². The van der Waals surface area contributed by atoms with E-state index >= 15 is 0 Å². The molecule has 53 heavy (non-hydrogen) atoms. The number of aryl methyl sites for hydroxylation is 3. The fourth-order valence-corrected chi connectivity index (χ4v) is 8.25. The summed E-state index contributed by atoms with van der Waals surface area (Å²) in [5, 5.41) is 0.709. The van der Waals surface area contributed by atoms with Gasteiger partial charge in [0.15, 0.2) is 5.42 Å². The van der Waals surface area contributed by atoms with Crippen LogP contribution in [0.1, 0.15) is 98.8 Å². The van der Waals surface area contributed by atoms with Crippen molar-refractivity contribution < 1.29 is 23.5 Å². The number of carbonyl (C=O) groups is 2. The second-order valence-electron chi connectivity index (χ2n) is 15.5. The second kappa shape index (κ2) is 16.0. The Hall–Kier alpha value is -4.85. The van der Waals surface area contributed by atoms with Crippen molar-refractivity contribution in [1.29, 1.82) is 0 Å². The van der Waals surface area contributed by atoms with Crippen molar-refractivity contribution in [2.45, 2.75) is 98.1 Å². The van der Waals surface area contributed by atoms with Gasteiger partial charge in [-0.3, -0.25) is 9.36 Å². The molecule has 1 aromatic heterocycles. The predicted octanol–water partition coefficient (Wildman–Crippen LogP) is 7.43. The van der Waals surface area contributed by atoms with E-state index < -0.39 is 0 Å². The van der Waals surface area contributed by atoms with Crippen LogP contribution in [0.4, 0.5) is 11.4 Å². The van der Waals surface area contributed by atoms with Crippen molar-refractivity contribution in [3.8, 4) is 5.75 Å². The number of benzene rings is 3. The molecule has 1 fully saturated rings. The number of ether oxygens (including phenoxy) is 2. The van der Waals surface area contributed by atoms with E-state index in [1.165, 1.54) is 36.1 Å². The molecule has 3 atom stereocenters. The van der Waals surface area contributed by atoms with Gasteiger partial charge in [-0.25, -0.2) is 4.79 Å². The van der Waals surface area contributed by atoms with Gasteiger partial charge in [0.25, 0.3) is 0 Å². The summed E-state index contributed by atoms with van der Waals surface area (Å²) in [6, 6.07) is 19.5. The van der Waals surface area contributed by atoms with Crippen LogP contribution in [0, 0.1) is 17.8 Å². The van der Waals surface area contributed by atoms with Gasteiger partial charge in [0.05, 0.1) is 16.6 Å². The van der Waals surface area contributed by atoms with Gasteiger partial charge >= 0.3 is 17.6 Å². The molecule has 278 valence electrons. The lowest BCUT2D eigenvalue weighted by Crippen LogP contribution is -2.34. The summed E-state index contributed by atoms with van der Waals surface area (Å²) in [6.07, 6.45) is 10.6. The minimum Gasteiger partial charge on any atom is -0.458 e. The minimum absolute atomic E-state index is 0.122. The van der Waals surface area contributed by atoms with Crippen LogP contribution in [0.3, 0.4) is 0 Å². The average molecular weight is 716 g/mol. The molecule has 1 aliphatic carbocycles. The Morgan fingerprint density at radius 2 is 1.74 bits per heavy atom. The zero-order valence-electron chi connectivity index (χ0n) is 31.7. The fraction of sp³-hybridized carbons (Fsp3) is 0.444. The first-order valence-electron chi connectivity index (χ1n) is 19.6. The molecular formula is C45H53N3O5. The van der Waals surface area contributed by atoms with E-state index in [2.05, 4.69) is 50.5 Å². The standard InChI is InChI=1S/C45H53N3O5/c1-6-42(49)51-37-19-16-32(17-20-37)21-24-48-31(5)41(27-33-25-35-11-9-22-47-23-10-12-36(26-33)43(35)47)53-45(48)46-39-14-8-7-13-38(39)44(50)52-40-28-34(29(2)3)18-15-30(40)4/h7-8,13-14,16-17,19-20,25-27,29-30,34,40H,5-6,9-12,15,18,21-24,28H2,1-4H3/b41-27+,46-45?. The van der Waals surface area contributed by atoms with Crippen molar-refractivity contribution in [2.75, 3.05) is 18.0 Å². The van der Waals surface area contributed by atoms with Crippen LogP contribution in [-0.2, 0) is 35.3 Å². The maximum atomic E-state index is 13.8. The molecule has 3 heterocycles. The van der Waals surface area contributed by atoms with Crippen LogP contribution < -0.4 is 26.1 Å². The fourth-order valence-electron chi connectivity index (χ4n) is 8.25. The number of nitrogens with zero attached hydrogens (tertiary/aromatic N) is 3. The van der Waals surface area contributed by atoms with Crippen molar-refractivity contribution in [1.82, 2.24) is 4.57 Å². The van der Waals surface area contributed by atoms with Gasteiger partial charge in [0, 0.05) is 31.7 Å². The zero-order valence-corrected chi connectivity index (χ0v) is 31.7. The third-order valence-corrected chi connectivity index (χ3v) is 11.5. The maximum absolute atomic E-state index is 13.8. The zero-order chi connectivity index (χ0) is 37.1. The van der Waals surface area contributed by atoms with Crippen LogP contribution in [0.5, 0.6) is 5.75 Å². The van der Waals surface area contributed by atoms with E-state index in [0.717, 1.165) is 49.9 Å². The second-order valence-corrected chi connectivity index (χ2v) is 15.5. The first-order valence-corrected chi connectivity index (χ1v) is 19.6. The Bertz CT molecular complexity index is 2110. The largest absolute Gasteiger partial charge is 0.458 e. The number of oxazole rings is 1. The Labute approximate surface area is 312 Å². The summed E-state index contributed by atoms with van der Waals surface area (Å²) in [5.74, 6) is 1.32. The van der Waals surface area contributed by atoms with Gasteiger partial charge in [0.1, 0.15) is 11.9 Å². The van der Waals surface area contributed by atoms with E-state index in [1.54, 1.807) is 13.0 Å². The van der Waals surface area contributed by atoms with E-state index in [1.807, 2.05) is 47.0 Å². The molecule has 3 unspecified atom stereocenters. The summed E-state index contributed by atoms with van der Waals surface area (Å²) < 4.78 is 20.2. The molecule has 3 aromatic carbocycles. The molecule has 8 heteroatoms. The lowest BCUT2D eigenvalue weighted by atomic mass is 9.76. The molecule has 0 saturated heterocycles. The van der Waals surface area contributed by atoms with Gasteiger partial charge in [-0.2, -0.15) is 4.99 Å². The van der Waals surface area contributed by atoms with Crippen LogP contribution in [0.15, 0.2) is 70.1 Å². The third-order valence-electron chi connectivity index (χ3n) is 11.5. The molecular weight excluding hydrogens is 663 g/mol. The molecule has 0 spiro atoms. The molecule has 2 aliphatic heterocycles. The van der Waals surface area contributed by atoms with E-state index in [-0.39, 0.29) is 18.0 Å². The Kier molecular flexibility index (Phi) is 11.0. The number of anilines is 1. The molecule has 3 aliphatic rings. The van der Waals surface area contributed by atoms with Crippen LogP contribution in [0.2, 0.25) is 0 Å². The maximum Gasteiger partial charge on any atom is 0.340 e. The van der Waals surface area contributed by atoms with E-state index in [9.17, 15) is 9.59 Å². The molecule has 7 rings (SSSR count). The SMILES string of the molecule is C=c1/c(=C\c2cc3c4c(c2)CCCN4CCC3)oc(=Nc2ccccc2C(=O)OC2CC(C(C)C)CCC2C)n1CCc1ccc(OC(=O)CC)cc1. The molecule has 0 bridgehead atoms. The highest BCUT2D eigenvalue weighted by Gasteiger charge is 2.32. The molecule has 0 N–H and O–H groups in total. The number of para-hydroxylation sites is 1. The van der Waals surface area contributed by atoms with Gasteiger partial charge in [-0.05, 0) is 134 Å². The van der Waals surface area contributed by atoms with Crippen molar-refractivity contribution in [3.63, 3.8) is 0 Å². The quantitative estimate of drug-likeness (QED) is 0.126. The molecule has 8 nitrogen and oxygen atoms in total. The summed E-state index contributed by atoms with van der Waals surface area (Å²) >= 11 is 0. The minimum atomic E-state index is -0.355. The highest BCUT2D eigenvalue weighted by atomic mass is 16.5. The van der Waals surface area contributed by atoms with Crippen molar-refractivity contribution in [2.24, 2.45) is 22.7 Å². The number of aromatic nitrogens is 1. The molecule has 1 saturated carbocycles. The first-order chi connectivity index (χ1) is 25.7. The molecule has 0 radical (unpaired) electrons. The van der Waals surface area contributed by atoms with Gasteiger partial charge in [-0.15, -0.1) is 0 Å². The Morgan fingerprint density at radius 1 is 1.02 bits per heavy atom. The number of esters is 2. The van der Waals surface area contributed by atoms with E-state index in [0.29, 0.717) is 70.6 Å². The number of hydrogen-bond donors (Lipinski definition) is 0. The normalized spacial score (nSPS) is 20.4. The van der Waals surface area contributed by atoms with Crippen LogP contribution in [-0.4, -0.2) is 35.7 Å². The van der Waals surface area contributed by atoms with Gasteiger partial charge in [0.2, 0.25) is 0 Å². The molecule has 4 aromatic rings. The predicted molar refractivity (Wildman–Crippen MR) is 209 cm³/mol. The highest BCUT2D eigenvalue weighted by molar-refractivity contribution is 5.94. The number of rotatable bonds is 10. The third kappa shape index (κ3) is 8.22. The summed E-state index contributed by atoms with van der Waals surface area (Å²) in [4.78, 5) is 33.1. The average Bonchev–Trinajstić information content (AvgIpc) is 3.44. The molecule has 0 amide bonds. The Balaban J connectivity index is 1.24. The van der Waals surface area contributed by atoms with Crippen LogP contribution >= 0.6 is 0 Å². The summed E-state index contributed by atoms with van der Waals surface area (Å²) in [7, 11) is 0. The topological polar surface area (TPSA) is 86.3 Å². The smallest absolute Gasteiger partial charge is 0.340 e. The van der Waals surface area contributed by atoms with Crippen molar-refractivity contribution in [3.05, 3.63) is 105 Å². The summed E-state index contributed by atoms with van der Waals surface area (Å²) in [6.45, 7) is 15.8. The number of hydrogen-bond acceptors (Lipinski definition) is 7. The monoisotopic (exact) mass is 715 g/mol. The first kappa shape index (κ1) is 36.5. The summed E-state index contributed by atoms with van der Waals surface area (Å²) in [5.41, 5.74) is 8.32. The van der Waals surface area contributed by atoms with Crippen molar-refractivity contribution >= 4 is 36.0 Å². The van der Waals surface area contributed by atoms with Crippen LogP contribution in [0.25, 0.3) is 12.7 Å². The lowest BCUT2D eigenvalue weighted by Gasteiger charge is -2.37. The highest BCUT2D eigenvalue weighted by Crippen LogP contribution is 2.37. The van der Waals surface area contributed by atoms with E-state index in [4.69, 9.17) is 18.9 Å². The Morgan fingerprint density at radius 3 is 2.43 bits per heavy atom. The number of carbonyl (C=O) groups excluding carboxylic acids is 2.